The zero-order valence-electron chi connectivity index (χ0n) is 22.1. The van der Waals surface area contributed by atoms with Gasteiger partial charge < -0.3 is 0 Å². The Morgan fingerprint density at radius 3 is 1.78 bits per heavy atom. The third-order valence-electron chi connectivity index (χ3n) is 9.69. The van der Waals surface area contributed by atoms with Gasteiger partial charge in [0.15, 0.2) is 0 Å². The minimum Gasteiger partial charge on any atom is -0.0654 e. The SMILES string of the molecule is CCCCCc1ccc(C(C)C2CCC(C(C)C3CCC(CCCCC)CC3)CC2)cc1. The summed E-state index contributed by atoms with van der Waals surface area (Å²) in [6.07, 6.45) is 23.1. The lowest BCUT2D eigenvalue weighted by molar-refractivity contribution is 0.118. The first-order chi connectivity index (χ1) is 15.6. The number of benzene rings is 1. The van der Waals surface area contributed by atoms with Gasteiger partial charge in [0.25, 0.3) is 0 Å². The van der Waals surface area contributed by atoms with Crippen molar-refractivity contribution in [3.63, 3.8) is 0 Å². The Bertz CT molecular complexity index is 597. The summed E-state index contributed by atoms with van der Waals surface area (Å²) < 4.78 is 0. The average Bonchev–Trinajstić information content (AvgIpc) is 2.84. The molecule has 0 aliphatic heterocycles. The molecule has 2 atom stereocenters. The summed E-state index contributed by atoms with van der Waals surface area (Å²) in [5, 5.41) is 0. The van der Waals surface area contributed by atoms with E-state index >= 15 is 0 Å². The molecule has 0 spiro atoms. The highest BCUT2D eigenvalue weighted by atomic mass is 14.4. The van der Waals surface area contributed by atoms with E-state index in [4.69, 9.17) is 0 Å². The maximum Gasteiger partial charge on any atom is -0.0162 e. The van der Waals surface area contributed by atoms with Gasteiger partial charge in [-0.1, -0.05) is 103 Å². The maximum absolute atomic E-state index is 2.62. The first kappa shape index (κ1) is 25.8. The lowest BCUT2D eigenvalue weighted by atomic mass is 9.65. The molecule has 0 saturated heterocycles. The van der Waals surface area contributed by atoms with Gasteiger partial charge in [0.1, 0.15) is 0 Å². The third-order valence-corrected chi connectivity index (χ3v) is 9.69. The van der Waals surface area contributed by atoms with Crippen molar-refractivity contribution < 1.29 is 0 Å². The van der Waals surface area contributed by atoms with Crippen molar-refractivity contribution in [1.82, 2.24) is 0 Å². The number of hydrogen-bond donors (Lipinski definition) is 0. The van der Waals surface area contributed by atoms with E-state index < -0.39 is 0 Å². The van der Waals surface area contributed by atoms with Crippen LogP contribution in [0.2, 0.25) is 0 Å². The molecule has 0 nitrogen and oxygen atoms in total. The van der Waals surface area contributed by atoms with Crippen molar-refractivity contribution in [3.05, 3.63) is 35.4 Å². The van der Waals surface area contributed by atoms with E-state index in [1.54, 1.807) is 5.56 Å². The number of hydrogen-bond acceptors (Lipinski definition) is 0. The van der Waals surface area contributed by atoms with Crippen LogP contribution in [0.25, 0.3) is 0 Å². The van der Waals surface area contributed by atoms with E-state index in [2.05, 4.69) is 52.0 Å². The Labute approximate surface area is 201 Å². The van der Waals surface area contributed by atoms with E-state index in [1.165, 1.54) is 108 Å². The molecule has 0 heterocycles. The summed E-state index contributed by atoms with van der Waals surface area (Å²) >= 11 is 0. The average molecular weight is 439 g/mol. The molecule has 32 heavy (non-hydrogen) atoms. The van der Waals surface area contributed by atoms with Gasteiger partial charge in [-0.15, -0.1) is 0 Å². The molecule has 0 bridgehead atoms. The molecule has 2 saturated carbocycles. The summed E-state index contributed by atoms with van der Waals surface area (Å²) in [5.74, 6) is 5.68. The molecule has 1 aromatic carbocycles. The molecule has 3 rings (SSSR count). The minimum atomic E-state index is 0.731. The van der Waals surface area contributed by atoms with Crippen LogP contribution in [-0.4, -0.2) is 0 Å². The fourth-order valence-corrected chi connectivity index (χ4v) is 7.08. The Hall–Kier alpha value is -0.780. The maximum atomic E-state index is 2.62. The van der Waals surface area contributed by atoms with Crippen molar-refractivity contribution in [3.8, 4) is 0 Å². The molecular formula is C32H54. The second-order valence-corrected chi connectivity index (χ2v) is 11.8. The number of unbranched alkanes of at least 4 members (excludes halogenated alkanes) is 4. The molecule has 0 heteroatoms. The highest BCUT2D eigenvalue weighted by Crippen LogP contribution is 2.45. The summed E-state index contributed by atoms with van der Waals surface area (Å²) in [4.78, 5) is 0. The van der Waals surface area contributed by atoms with Crippen molar-refractivity contribution in [2.45, 2.75) is 136 Å². The van der Waals surface area contributed by atoms with Gasteiger partial charge >= 0.3 is 0 Å². The van der Waals surface area contributed by atoms with Crippen LogP contribution in [0, 0.1) is 29.6 Å². The van der Waals surface area contributed by atoms with E-state index in [9.17, 15) is 0 Å². The van der Waals surface area contributed by atoms with Gasteiger partial charge in [0.2, 0.25) is 0 Å². The fraction of sp³-hybridized carbons (Fsp3) is 0.812. The van der Waals surface area contributed by atoms with Crippen LogP contribution in [0.15, 0.2) is 24.3 Å². The van der Waals surface area contributed by atoms with Crippen molar-refractivity contribution in [2.75, 3.05) is 0 Å². The zero-order valence-corrected chi connectivity index (χ0v) is 22.1. The van der Waals surface area contributed by atoms with Crippen LogP contribution in [0.4, 0.5) is 0 Å². The van der Waals surface area contributed by atoms with Crippen molar-refractivity contribution >= 4 is 0 Å². The number of aryl methyl sites for hydroxylation is 1. The summed E-state index contributed by atoms with van der Waals surface area (Å²) in [5.41, 5.74) is 3.12. The standard InChI is InChI=1S/C32H54/c1-5-7-9-11-27-13-17-29(18-14-27)25(3)31-21-23-32(24-22-31)26(4)30-19-15-28(16-20-30)12-10-8-6-2/h13-14,17-18,25-26,28,30-32H,5-12,15-16,19-24H2,1-4H3. The van der Waals surface area contributed by atoms with E-state index in [0.29, 0.717) is 0 Å². The summed E-state index contributed by atoms with van der Waals surface area (Å²) in [6, 6.07) is 9.71. The highest BCUT2D eigenvalue weighted by molar-refractivity contribution is 5.25. The topological polar surface area (TPSA) is 0 Å². The number of rotatable bonds is 12. The van der Waals surface area contributed by atoms with E-state index in [0.717, 1.165) is 35.5 Å². The lowest BCUT2D eigenvalue weighted by Gasteiger charge is -2.40. The molecule has 0 amide bonds. The molecule has 182 valence electrons. The zero-order chi connectivity index (χ0) is 22.8. The molecule has 2 fully saturated rings. The first-order valence-electron chi connectivity index (χ1n) is 14.7. The van der Waals surface area contributed by atoms with E-state index in [-0.39, 0.29) is 0 Å². The van der Waals surface area contributed by atoms with Gasteiger partial charge in [-0.3, -0.25) is 0 Å². The predicted octanol–water partition coefficient (Wildman–Crippen LogP) is 10.4. The lowest BCUT2D eigenvalue weighted by Crippen LogP contribution is -2.29. The highest BCUT2D eigenvalue weighted by Gasteiger charge is 2.33. The third kappa shape index (κ3) is 7.63. The van der Waals surface area contributed by atoms with Gasteiger partial charge in [0.05, 0.1) is 0 Å². The molecule has 2 aliphatic carbocycles. The molecule has 0 aromatic heterocycles. The largest absolute Gasteiger partial charge is 0.0654 e. The van der Waals surface area contributed by atoms with Crippen molar-refractivity contribution in [2.24, 2.45) is 29.6 Å². The van der Waals surface area contributed by atoms with Gasteiger partial charge in [-0.05, 0) is 98.0 Å². The monoisotopic (exact) mass is 438 g/mol. The normalized spacial score (nSPS) is 28.4. The first-order valence-corrected chi connectivity index (χ1v) is 14.7. The molecule has 2 unspecified atom stereocenters. The van der Waals surface area contributed by atoms with Gasteiger partial charge in [-0.25, -0.2) is 0 Å². The Balaban J connectivity index is 1.39. The quantitative estimate of drug-likeness (QED) is 0.285. The molecular weight excluding hydrogens is 384 g/mol. The van der Waals surface area contributed by atoms with Gasteiger partial charge in [-0.2, -0.15) is 0 Å². The molecule has 0 N–H and O–H groups in total. The second kappa shape index (κ2) is 13.8. The van der Waals surface area contributed by atoms with Crippen LogP contribution in [-0.2, 0) is 6.42 Å². The van der Waals surface area contributed by atoms with E-state index in [1.807, 2.05) is 0 Å². The van der Waals surface area contributed by atoms with Crippen LogP contribution < -0.4 is 0 Å². The Morgan fingerprint density at radius 2 is 1.19 bits per heavy atom. The summed E-state index contributed by atoms with van der Waals surface area (Å²) in [6.45, 7) is 9.74. The molecule has 0 radical (unpaired) electrons. The minimum absolute atomic E-state index is 0.731. The summed E-state index contributed by atoms with van der Waals surface area (Å²) in [7, 11) is 0. The van der Waals surface area contributed by atoms with Crippen LogP contribution in [0.1, 0.15) is 141 Å². The Morgan fingerprint density at radius 1 is 0.656 bits per heavy atom. The van der Waals surface area contributed by atoms with Gasteiger partial charge in [0, 0.05) is 0 Å². The van der Waals surface area contributed by atoms with Crippen LogP contribution in [0.3, 0.4) is 0 Å². The van der Waals surface area contributed by atoms with Crippen molar-refractivity contribution in [1.29, 1.82) is 0 Å². The van der Waals surface area contributed by atoms with Crippen LogP contribution >= 0.6 is 0 Å². The van der Waals surface area contributed by atoms with Crippen LogP contribution in [0.5, 0.6) is 0 Å². The fourth-order valence-electron chi connectivity index (χ4n) is 7.08. The molecule has 2 aliphatic rings. The Kier molecular flexibility index (Phi) is 11.2. The molecule has 1 aromatic rings. The predicted molar refractivity (Wildman–Crippen MR) is 142 cm³/mol. The second-order valence-electron chi connectivity index (χ2n) is 11.8. The smallest absolute Gasteiger partial charge is 0.0162 e.